The minimum atomic E-state index is 0.252. The van der Waals surface area contributed by atoms with Crippen LogP contribution in [0.3, 0.4) is 0 Å². The van der Waals surface area contributed by atoms with E-state index >= 15 is 0 Å². The van der Waals surface area contributed by atoms with Crippen LogP contribution < -0.4 is 5.32 Å². The minimum absolute atomic E-state index is 0.252. The molecule has 0 aliphatic rings. The summed E-state index contributed by atoms with van der Waals surface area (Å²) in [7, 11) is 0. The van der Waals surface area contributed by atoms with Crippen LogP contribution in [0, 0.1) is 0 Å². The molecule has 0 aliphatic carbocycles. The Balaban J connectivity index is 3.13. The molecule has 0 spiro atoms. The fourth-order valence-electron chi connectivity index (χ4n) is 2.13. The molecule has 3 heteroatoms. The average Bonchev–Trinajstić information content (AvgIpc) is 2.41. The second kappa shape index (κ2) is 16.3. The molecule has 114 valence electrons. The molecule has 0 saturated heterocycles. The van der Waals surface area contributed by atoms with Crippen molar-refractivity contribution in [2.24, 2.45) is 0 Å². The van der Waals surface area contributed by atoms with Gasteiger partial charge in [-0.3, -0.25) is 4.79 Å². The molecule has 0 fully saturated rings. The monoisotopic (exact) mass is 381 g/mol. The molecule has 0 aromatic rings. The van der Waals surface area contributed by atoms with Gasteiger partial charge in [-0.05, 0) is 23.7 Å². The average molecular weight is 381 g/mol. The van der Waals surface area contributed by atoms with Gasteiger partial charge in [0.25, 0.3) is 0 Å². The van der Waals surface area contributed by atoms with Crippen LogP contribution in [-0.2, 0) is 4.79 Å². The Morgan fingerprint density at radius 1 is 0.842 bits per heavy atom. The highest BCUT2D eigenvalue weighted by molar-refractivity contribution is 14.1. The van der Waals surface area contributed by atoms with E-state index in [0.717, 1.165) is 25.8 Å². The SMILES string of the molecule is CCCCCCCCCC(=O)NCCCCCCI. The Bertz CT molecular complexity index is 197. The first-order valence-electron chi connectivity index (χ1n) is 8.14. The van der Waals surface area contributed by atoms with E-state index in [2.05, 4.69) is 34.8 Å². The van der Waals surface area contributed by atoms with Gasteiger partial charge < -0.3 is 5.32 Å². The maximum absolute atomic E-state index is 11.6. The molecule has 19 heavy (non-hydrogen) atoms. The molecule has 0 unspecified atom stereocenters. The summed E-state index contributed by atoms with van der Waals surface area (Å²) < 4.78 is 1.25. The van der Waals surface area contributed by atoms with Gasteiger partial charge in [0.05, 0.1) is 0 Å². The molecule has 0 bridgehead atoms. The maximum Gasteiger partial charge on any atom is 0.219 e. The normalized spacial score (nSPS) is 10.6. The van der Waals surface area contributed by atoms with Crippen molar-refractivity contribution in [2.75, 3.05) is 11.0 Å². The molecule has 1 N–H and O–H groups in total. The van der Waals surface area contributed by atoms with Gasteiger partial charge in [-0.2, -0.15) is 0 Å². The van der Waals surface area contributed by atoms with Crippen LogP contribution in [0.4, 0.5) is 0 Å². The van der Waals surface area contributed by atoms with Crippen LogP contribution in [0.1, 0.15) is 84.0 Å². The van der Waals surface area contributed by atoms with Crippen LogP contribution in [0.15, 0.2) is 0 Å². The Morgan fingerprint density at radius 3 is 2.11 bits per heavy atom. The van der Waals surface area contributed by atoms with Crippen LogP contribution in [-0.4, -0.2) is 16.9 Å². The quantitative estimate of drug-likeness (QED) is 0.249. The largest absolute Gasteiger partial charge is 0.356 e. The fraction of sp³-hybridized carbons (Fsp3) is 0.938. The van der Waals surface area contributed by atoms with Gasteiger partial charge in [-0.1, -0.05) is 80.9 Å². The number of carbonyl (C=O) groups is 1. The van der Waals surface area contributed by atoms with Crippen LogP contribution in [0.2, 0.25) is 0 Å². The van der Waals surface area contributed by atoms with E-state index in [-0.39, 0.29) is 5.91 Å². The van der Waals surface area contributed by atoms with Crippen molar-refractivity contribution in [3.8, 4) is 0 Å². The Hall–Kier alpha value is 0.200. The summed E-state index contributed by atoms with van der Waals surface area (Å²) in [6, 6.07) is 0. The first-order chi connectivity index (χ1) is 9.31. The molecule has 0 heterocycles. The molecule has 2 nitrogen and oxygen atoms in total. The smallest absolute Gasteiger partial charge is 0.219 e. The van der Waals surface area contributed by atoms with Gasteiger partial charge in [0.15, 0.2) is 0 Å². The lowest BCUT2D eigenvalue weighted by Crippen LogP contribution is -2.23. The molecular weight excluding hydrogens is 349 g/mol. The number of carbonyl (C=O) groups excluding carboxylic acids is 1. The molecule has 0 aliphatic heterocycles. The zero-order chi connectivity index (χ0) is 14.2. The minimum Gasteiger partial charge on any atom is -0.356 e. The van der Waals surface area contributed by atoms with Crippen LogP contribution >= 0.6 is 22.6 Å². The Morgan fingerprint density at radius 2 is 1.42 bits per heavy atom. The maximum atomic E-state index is 11.6. The number of hydrogen-bond donors (Lipinski definition) is 1. The lowest BCUT2D eigenvalue weighted by Gasteiger charge is -2.05. The van der Waals surface area contributed by atoms with Gasteiger partial charge in [-0.25, -0.2) is 0 Å². The third-order valence-electron chi connectivity index (χ3n) is 3.39. The molecule has 0 atom stereocenters. The van der Waals surface area contributed by atoms with Gasteiger partial charge >= 0.3 is 0 Å². The summed E-state index contributed by atoms with van der Waals surface area (Å²) in [5, 5.41) is 3.03. The van der Waals surface area contributed by atoms with Gasteiger partial charge in [0.1, 0.15) is 0 Å². The number of rotatable bonds is 14. The molecule has 0 rings (SSSR count). The summed E-state index contributed by atoms with van der Waals surface area (Å²) in [4.78, 5) is 11.6. The number of alkyl halides is 1. The Labute approximate surface area is 133 Å². The van der Waals surface area contributed by atoms with Crippen molar-refractivity contribution >= 4 is 28.5 Å². The topological polar surface area (TPSA) is 29.1 Å². The lowest BCUT2D eigenvalue weighted by atomic mass is 10.1. The van der Waals surface area contributed by atoms with Gasteiger partial charge in [0, 0.05) is 13.0 Å². The number of unbranched alkanes of at least 4 members (excludes halogenated alkanes) is 9. The van der Waals surface area contributed by atoms with Crippen molar-refractivity contribution in [3.05, 3.63) is 0 Å². The van der Waals surface area contributed by atoms with E-state index in [1.165, 1.54) is 62.2 Å². The van der Waals surface area contributed by atoms with E-state index in [9.17, 15) is 4.79 Å². The van der Waals surface area contributed by atoms with Crippen molar-refractivity contribution in [1.29, 1.82) is 0 Å². The molecule has 0 aromatic carbocycles. The molecule has 1 amide bonds. The van der Waals surface area contributed by atoms with Gasteiger partial charge in [0.2, 0.25) is 5.91 Å². The van der Waals surface area contributed by atoms with Crippen molar-refractivity contribution < 1.29 is 4.79 Å². The Kier molecular flexibility index (Phi) is 16.4. The van der Waals surface area contributed by atoms with Crippen molar-refractivity contribution in [2.45, 2.75) is 84.0 Å². The zero-order valence-corrected chi connectivity index (χ0v) is 14.8. The van der Waals surface area contributed by atoms with E-state index in [4.69, 9.17) is 0 Å². The highest BCUT2D eigenvalue weighted by Crippen LogP contribution is 2.08. The van der Waals surface area contributed by atoms with E-state index in [0.29, 0.717) is 0 Å². The van der Waals surface area contributed by atoms with Crippen LogP contribution in [0.25, 0.3) is 0 Å². The first kappa shape index (κ1) is 19.2. The highest BCUT2D eigenvalue weighted by atomic mass is 127. The number of amides is 1. The zero-order valence-electron chi connectivity index (χ0n) is 12.7. The third kappa shape index (κ3) is 16.1. The van der Waals surface area contributed by atoms with Crippen LogP contribution in [0.5, 0.6) is 0 Å². The molecule has 0 saturated carbocycles. The summed E-state index contributed by atoms with van der Waals surface area (Å²) in [6.07, 6.45) is 14.7. The second-order valence-corrected chi connectivity index (χ2v) is 6.40. The standard InChI is InChI=1S/C16H32INO/c1-2-3-4-5-6-7-10-13-16(19)18-15-12-9-8-11-14-17/h2-15H2,1H3,(H,18,19). The number of halogens is 1. The number of nitrogens with one attached hydrogen (secondary N) is 1. The van der Waals surface area contributed by atoms with Crippen molar-refractivity contribution in [3.63, 3.8) is 0 Å². The second-order valence-electron chi connectivity index (χ2n) is 5.32. The van der Waals surface area contributed by atoms with Crippen molar-refractivity contribution in [1.82, 2.24) is 5.32 Å². The fourth-order valence-corrected chi connectivity index (χ4v) is 2.67. The van der Waals surface area contributed by atoms with E-state index in [1.54, 1.807) is 0 Å². The van der Waals surface area contributed by atoms with E-state index in [1.807, 2.05) is 0 Å². The predicted molar refractivity (Wildman–Crippen MR) is 93.0 cm³/mol. The summed E-state index contributed by atoms with van der Waals surface area (Å²) in [6.45, 7) is 3.11. The third-order valence-corrected chi connectivity index (χ3v) is 4.15. The number of hydrogen-bond acceptors (Lipinski definition) is 1. The molecular formula is C16H32INO. The summed E-state index contributed by atoms with van der Waals surface area (Å²) >= 11 is 2.42. The lowest BCUT2D eigenvalue weighted by molar-refractivity contribution is -0.121. The molecule has 0 aromatic heterocycles. The van der Waals surface area contributed by atoms with Gasteiger partial charge in [-0.15, -0.1) is 0 Å². The summed E-state index contributed by atoms with van der Waals surface area (Å²) in [5.74, 6) is 0.252. The van der Waals surface area contributed by atoms with E-state index < -0.39 is 0 Å². The predicted octanol–water partition coefficient (Wildman–Crippen LogP) is 5.24. The summed E-state index contributed by atoms with van der Waals surface area (Å²) in [5.41, 5.74) is 0. The highest BCUT2D eigenvalue weighted by Gasteiger charge is 2.00. The molecule has 0 radical (unpaired) electrons. The first-order valence-corrected chi connectivity index (χ1v) is 9.66.